The molecule has 1 atom stereocenters. The number of anilines is 1. The molecule has 1 saturated heterocycles. The lowest BCUT2D eigenvalue weighted by molar-refractivity contribution is -0.116. The molecule has 1 fully saturated rings. The summed E-state index contributed by atoms with van der Waals surface area (Å²) in [6.45, 7) is 3.99. The molecule has 1 aliphatic heterocycles. The number of piperidine rings is 1. The Hall–Kier alpha value is -1.13. The van der Waals surface area contributed by atoms with Gasteiger partial charge in [0.05, 0.1) is 11.4 Å². The largest absolute Gasteiger partial charge is 0.325 e. The number of aryl methyl sites for hydroxylation is 1. The Morgan fingerprint density at radius 3 is 3.11 bits per heavy atom. The highest BCUT2D eigenvalue weighted by Gasteiger charge is 2.14. The molecule has 1 aromatic heterocycles. The molecular weight excluding hydrogens is 262 g/mol. The van der Waals surface area contributed by atoms with Crippen LogP contribution in [0.25, 0.3) is 0 Å². The fourth-order valence-corrected chi connectivity index (χ4v) is 2.57. The van der Waals surface area contributed by atoms with Crippen molar-refractivity contribution in [2.24, 2.45) is 5.92 Å². The third-order valence-corrected chi connectivity index (χ3v) is 3.72. The molecular formula is C14H20ClN3O. The second-order valence-electron chi connectivity index (χ2n) is 5.07. The van der Waals surface area contributed by atoms with Gasteiger partial charge in [0, 0.05) is 6.42 Å². The minimum Gasteiger partial charge on any atom is -0.325 e. The van der Waals surface area contributed by atoms with Gasteiger partial charge in [0.2, 0.25) is 5.91 Å². The summed E-state index contributed by atoms with van der Waals surface area (Å²) < 4.78 is 0. The predicted molar refractivity (Wildman–Crippen MR) is 77.4 cm³/mol. The van der Waals surface area contributed by atoms with E-state index in [4.69, 9.17) is 11.6 Å². The Kier molecular flexibility index (Phi) is 5.16. The van der Waals surface area contributed by atoms with Crippen LogP contribution >= 0.6 is 11.6 Å². The molecule has 1 unspecified atom stereocenters. The number of hydrogen-bond acceptors (Lipinski definition) is 3. The number of hydrogen-bond donors (Lipinski definition) is 2. The first-order valence-corrected chi connectivity index (χ1v) is 7.16. The van der Waals surface area contributed by atoms with E-state index in [2.05, 4.69) is 15.6 Å². The molecule has 2 heterocycles. The van der Waals surface area contributed by atoms with Crippen LogP contribution in [0, 0.1) is 12.8 Å². The number of pyridine rings is 1. The first-order valence-electron chi connectivity index (χ1n) is 6.79. The lowest BCUT2D eigenvalue weighted by atomic mass is 9.94. The minimum atomic E-state index is 0.0535. The van der Waals surface area contributed by atoms with E-state index in [0.717, 1.165) is 30.9 Å². The van der Waals surface area contributed by atoms with Crippen LogP contribution in [0.1, 0.15) is 31.4 Å². The number of nitrogens with one attached hydrogen (secondary N) is 2. The third-order valence-electron chi connectivity index (χ3n) is 3.50. The third kappa shape index (κ3) is 4.48. The second kappa shape index (κ2) is 6.87. The molecule has 0 saturated carbocycles. The molecule has 2 rings (SSSR count). The average Bonchev–Trinajstić information content (AvgIpc) is 2.41. The monoisotopic (exact) mass is 281 g/mol. The van der Waals surface area contributed by atoms with Crippen molar-refractivity contribution in [3.8, 4) is 0 Å². The van der Waals surface area contributed by atoms with Crippen LogP contribution in [0.5, 0.6) is 0 Å². The van der Waals surface area contributed by atoms with E-state index >= 15 is 0 Å². The normalized spacial score (nSPS) is 19.2. The van der Waals surface area contributed by atoms with Gasteiger partial charge in [-0.15, -0.1) is 0 Å². The van der Waals surface area contributed by atoms with E-state index < -0.39 is 0 Å². The van der Waals surface area contributed by atoms with E-state index in [1.54, 1.807) is 12.1 Å². The Morgan fingerprint density at radius 2 is 2.42 bits per heavy atom. The van der Waals surface area contributed by atoms with Crippen molar-refractivity contribution >= 4 is 23.2 Å². The van der Waals surface area contributed by atoms with Crippen molar-refractivity contribution in [3.05, 3.63) is 23.0 Å². The summed E-state index contributed by atoms with van der Waals surface area (Å²) in [5, 5.41) is 6.71. The number of nitrogens with zero attached hydrogens (tertiary/aromatic N) is 1. The highest BCUT2D eigenvalue weighted by molar-refractivity contribution is 6.29. The first-order chi connectivity index (χ1) is 9.15. The molecule has 0 spiro atoms. The number of rotatable bonds is 4. The van der Waals surface area contributed by atoms with Crippen molar-refractivity contribution in [1.82, 2.24) is 10.3 Å². The molecule has 1 aliphatic rings. The second-order valence-corrected chi connectivity index (χ2v) is 5.45. The van der Waals surface area contributed by atoms with Gasteiger partial charge in [-0.25, -0.2) is 4.98 Å². The zero-order chi connectivity index (χ0) is 13.7. The maximum absolute atomic E-state index is 11.9. The van der Waals surface area contributed by atoms with Gasteiger partial charge in [0.1, 0.15) is 5.15 Å². The van der Waals surface area contributed by atoms with Crippen LogP contribution in [0.4, 0.5) is 5.69 Å². The van der Waals surface area contributed by atoms with E-state index in [1.807, 2.05) is 6.92 Å². The van der Waals surface area contributed by atoms with Gasteiger partial charge in [-0.3, -0.25) is 4.79 Å². The Labute approximate surface area is 118 Å². The van der Waals surface area contributed by atoms with Crippen LogP contribution in [0.3, 0.4) is 0 Å². The molecule has 104 valence electrons. The highest BCUT2D eigenvalue weighted by Crippen LogP contribution is 2.18. The molecule has 1 amide bonds. The van der Waals surface area contributed by atoms with Crippen molar-refractivity contribution in [1.29, 1.82) is 0 Å². The fourth-order valence-electron chi connectivity index (χ4n) is 2.38. The lowest BCUT2D eigenvalue weighted by Gasteiger charge is -2.22. The zero-order valence-electron chi connectivity index (χ0n) is 11.2. The van der Waals surface area contributed by atoms with Gasteiger partial charge in [-0.2, -0.15) is 0 Å². The number of halogens is 1. The van der Waals surface area contributed by atoms with Crippen LogP contribution < -0.4 is 10.6 Å². The van der Waals surface area contributed by atoms with Crippen molar-refractivity contribution in [2.45, 2.75) is 32.6 Å². The van der Waals surface area contributed by atoms with E-state index in [-0.39, 0.29) is 5.91 Å². The molecule has 19 heavy (non-hydrogen) atoms. The van der Waals surface area contributed by atoms with Crippen molar-refractivity contribution < 1.29 is 4.79 Å². The summed E-state index contributed by atoms with van der Waals surface area (Å²) in [7, 11) is 0. The molecule has 0 aromatic carbocycles. The summed E-state index contributed by atoms with van der Waals surface area (Å²) in [6.07, 6.45) is 3.95. The van der Waals surface area contributed by atoms with Crippen molar-refractivity contribution in [3.63, 3.8) is 0 Å². The lowest BCUT2D eigenvalue weighted by Crippen LogP contribution is -2.30. The predicted octanol–water partition coefficient (Wildman–Crippen LogP) is 2.76. The SMILES string of the molecule is Cc1nc(Cl)ccc1NC(=O)CCC1CCCNC1. The van der Waals surface area contributed by atoms with Gasteiger partial charge in [-0.1, -0.05) is 11.6 Å². The standard InChI is InChI=1S/C14H20ClN3O/c1-10-12(5-6-13(15)17-10)18-14(19)7-4-11-3-2-8-16-9-11/h5-6,11,16H,2-4,7-9H2,1H3,(H,18,19). The van der Waals surface area contributed by atoms with Gasteiger partial charge in [0.15, 0.2) is 0 Å². The molecule has 5 heteroatoms. The maximum atomic E-state index is 11.9. The topological polar surface area (TPSA) is 54.0 Å². The van der Waals surface area contributed by atoms with E-state index in [1.165, 1.54) is 12.8 Å². The number of carbonyl (C=O) groups excluding carboxylic acids is 1. The van der Waals surface area contributed by atoms with Crippen LogP contribution in [0.2, 0.25) is 5.15 Å². The summed E-state index contributed by atoms with van der Waals surface area (Å²) in [5.41, 5.74) is 1.50. The van der Waals surface area contributed by atoms with Gasteiger partial charge >= 0.3 is 0 Å². The summed E-state index contributed by atoms with van der Waals surface area (Å²) in [6, 6.07) is 3.49. The van der Waals surface area contributed by atoms with E-state index in [0.29, 0.717) is 17.5 Å². The highest BCUT2D eigenvalue weighted by atomic mass is 35.5. The van der Waals surface area contributed by atoms with Crippen molar-refractivity contribution in [2.75, 3.05) is 18.4 Å². The van der Waals surface area contributed by atoms with Gasteiger partial charge in [-0.05, 0) is 57.3 Å². The molecule has 4 nitrogen and oxygen atoms in total. The zero-order valence-corrected chi connectivity index (χ0v) is 12.0. The molecule has 0 radical (unpaired) electrons. The molecule has 0 bridgehead atoms. The summed E-state index contributed by atoms with van der Waals surface area (Å²) in [5.74, 6) is 0.682. The van der Waals surface area contributed by atoms with Gasteiger partial charge < -0.3 is 10.6 Å². The first kappa shape index (κ1) is 14.3. The summed E-state index contributed by atoms with van der Waals surface area (Å²) in [4.78, 5) is 16.0. The van der Waals surface area contributed by atoms with Gasteiger partial charge in [0.25, 0.3) is 0 Å². The Morgan fingerprint density at radius 1 is 1.58 bits per heavy atom. The molecule has 2 N–H and O–H groups in total. The smallest absolute Gasteiger partial charge is 0.224 e. The maximum Gasteiger partial charge on any atom is 0.224 e. The molecule has 0 aliphatic carbocycles. The number of carbonyl (C=O) groups is 1. The minimum absolute atomic E-state index is 0.0535. The van der Waals surface area contributed by atoms with E-state index in [9.17, 15) is 4.79 Å². The fraction of sp³-hybridized carbons (Fsp3) is 0.571. The number of aromatic nitrogens is 1. The number of amides is 1. The average molecular weight is 282 g/mol. The Bertz CT molecular complexity index is 444. The Balaban J connectivity index is 1.80. The van der Waals surface area contributed by atoms with Crippen LogP contribution in [-0.2, 0) is 4.79 Å². The van der Waals surface area contributed by atoms with Crippen LogP contribution in [0.15, 0.2) is 12.1 Å². The molecule has 1 aromatic rings. The van der Waals surface area contributed by atoms with Crippen LogP contribution in [-0.4, -0.2) is 24.0 Å². The summed E-state index contributed by atoms with van der Waals surface area (Å²) >= 11 is 5.79. The quantitative estimate of drug-likeness (QED) is 0.835.